The van der Waals surface area contributed by atoms with Crippen LogP contribution >= 0.6 is 22.7 Å². The molecule has 0 aliphatic carbocycles. The quantitative estimate of drug-likeness (QED) is 0.638. The van der Waals surface area contributed by atoms with E-state index in [1.807, 2.05) is 0 Å². The molecule has 0 atom stereocenters. The Balaban J connectivity index is 1.52. The molecule has 0 saturated carbocycles. The topological polar surface area (TPSA) is 100 Å². The largest absolute Gasteiger partial charge is 0.334 e. The van der Waals surface area contributed by atoms with E-state index < -0.39 is 6.03 Å². The van der Waals surface area contributed by atoms with Crippen LogP contribution in [0.5, 0.6) is 0 Å². The minimum atomic E-state index is -0.436. The number of carbonyl (C=O) groups excluding carboxylic acids is 2. The summed E-state index contributed by atoms with van der Waals surface area (Å²) in [5.74, 6) is -0.256. The van der Waals surface area contributed by atoms with Gasteiger partial charge in [0.05, 0.1) is 24.5 Å². The Kier molecular flexibility index (Phi) is 6.26. The maximum absolute atomic E-state index is 12.9. The first-order chi connectivity index (χ1) is 13.4. The van der Waals surface area contributed by atoms with Crippen LogP contribution in [-0.4, -0.2) is 38.8 Å². The van der Waals surface area contributed by atoms with Crippen molar-refractivity contribution < 1.29 is 14.0 Å². The minimum Gasteiger partial charge on any atom is -0.334 e. The first kappa shape index (κ1) is 19.8. The Labute approximate surface area is 168 Å². The second-order valence-corrected chi connectivity index (χ2v) is 7.79. The van der Waals surface area contributed by atoms with Gasteiger partial charge in [0, 0.05) is 29.7 Å². The number of amides is 3. The fourth-order valence-corrected chi connectivity index (χ4v) is 3.67. The third-order valence-electron chi connectivity index (χ3n) is 3.65. The van der Waals surface area contributed by atoms with Crippen molar-refractivity contribution in [1.82, 2.24) is 25.2 Å². The molecule has 3 rings (SSSR count). The number of halogens is 1. The van der Waals surface area contributed by atoms with Gasteiger partial charge in [0.25, 0.3) is 5.91 Å². The molecule has 11 heteroatoms. The van der Waals surface area contributed by atoms with E-state index in [2.05, 4.69) is 25.6 Å². The van der Waals surface area contributed by atoms with E-state index in [9.17, 15) is 14.0 Å². The van der Waals surface area contributed by atoms with Crippen molar-refractivity contribution in [3.8, 4) is 0 Å². The predicted octanol–water partition coefficient (Wildman–Crippen LogP) is 3.04. The van der Waals surface area contributed by atoms with E-state index in [1.165, 1.54) is 34.7 Å². The van der Waals surface area contributed by atoms with Crippen molar-refractivity contribution in [3.05, 3.63) is 57.0 Å². The van der Waals surface area contributed by atoms with Crippen molar-refractivity contribution in [1.29, 1.82) is 0 Å². The lowest BCUT2D eigenvalue weighted by molar-refractivity contribution is 0.0776. The lowest BCUT2D eigenvalue weighted by Crippen LogP contribution is -2.28. The van der Waals surface area contributed by atoms with Gasteiger partial charge < -0.3 is 10.2 Å². The monoisotopic (exact) mass is 420 g/mol. The van der Waals surface area contributed by atoms with Gasteiger partial charge in [0.2, 0.25) is 0 Å². The number of rotatable bonds is 6. The van der Waals surface area contributed by atoms with Crippen molar-refractivity contribution in [2.24, 2.45) is 0 Å². The summed E-state index contributed by atoms with van der Waals surface area (Å²) in [6.45, 7) is 2.22. The summed E-state index contributed by atoms with van der Waals surface area (Å²) in [4.78, 5) is 39.1. The molecule has 0 radical (unpaired) electrons. The standard InChI is InChI=1S/C17H17FN6O2S2/c1-10-14(20-6-5-19-10)15(25)24(2)8-11-9-27-17(22-11)23-16(26)21-7-12-3-4-13(18)28-12/h3-6,9H,7-8H2,1-2H3,(H2,21,22,23,26). The average molecular weight is 420 g/mol. The molecule has 3 aromatic rings. The molecule has 0 fully saturated rings. The van der Waals surface area contributed by atoms with Crippen LogP contribution in [0.4, 0.5) is 14.3 Å². The zero-order valence-electron chi connectivity index (χ0n) is 15.1. The number of aromatic nitrogens is 3. The molecule has 0 unspecified atom stereocenters. The molecule has 2 N–H and O–H groups in total. The van der Waals surface area contributed by atoms with Gasteiger partial charge >= 0.3 is 6.03 Å². The number of thiazole rings is 1. The van der Waals surface area contributed by atoms with Crippen LogP contribution in [0.1, 0.15) is 26.8 Å². The molecule has 0 bridgehead atoms. The van der Waals surface area contributed by atoms with Gasteiger partial charge in [-0.05, 0) is 19.1 Å². The molecular formula is C17H17FN6O2S2. The molecule has 8 nitrogen and oxygen atoms in total. The van der Waals surface area contributed by atoms with Crippen LogP contribution in [0.15, 0.2) is 29.9 Å². The molecule has 0 aliphatic heterocycles. The first-order valence-electron chi connectivity index (χ1n) is 8.19. The van der Waals surface area contributed by atoms with Gasteiger partial charge in [0.1, 0.15) is 5.69 Å². The number of hydrogen-bond donors (Lipinski definition) is 2. The van der Waals surface area contributed by atoms with Crippen LogP contribution in [0.25, 0.3) is 0 Å². The maximum Gasteiger partial charge on any atom is 0.321 e. The highest BCUT2D eigenvalue weighted by molar-refractivity contribution is 7.14. The Bertz CT molecular complexity index is 989. The summed E-state index contributed by atoms with van der Waals surface area (Å²) >= 11 is 2.23. The molecule has 0 aromatic carbocycles. The van der Waals surface area contributed by atoms with Crippen LogP contribution in [-0.2, 0) is 13.1 Å². The van der Waals surface area contributed by atoms with Crippen molar-refractivity contribution in [3.63, 3.8) is 0 Å². The summed E-state index contributed by atoms with van der Waals surface area (Å²) in [6.07, 6.45) is 3.01. The van der Waals surface area contributed by atoms with Gasteiger partial charge in [-0.3, -0.25) is 15.1 Å². The number of anilines is 1. The number of carbonyl (C=O) groups is 2. The van der Waals surface area contributed by atoms with Crippen molar-refractivity contribution in [2.45, 2.75) is 20.0 Å². The Hall–Kier alpha value is -2.92. The van der Waals surface area contributed by atoms with Crippen LogP contribution in [0.2, 0.25) is 0 Å². The molecule has 3 heterocycles. The van der Waals surface area contributed by atoms with Gasteiger partial charge in [-0.15, -0.1) is 22.7 Å². The van der Waals surface area contributed by atoms with Crippen molar-refractivity contribution in [2.75, 3.05) is 12.4 Å². The molecule has 0 aliphatic rings. The van der Waals surface area contributed by atoms with E-state index >= 15 is 0 Å². The number of nitrogens with zero attached hydrogens (tertiary/aromatic N) is 4. The summed E-state index contributed by atoms with van der Waals surface area (Å²) < 4.78 is 12.9. The zero-order chi connectivity index (χ0) is 20.1. The molecule has 0 spiro atoms. The zero-order valence-corrected chi connectivity index (χ0v) is 16.7. The van der Waals surface area contributed by atoms with Crippen LogP contribution < -0.4 is 10.6 Å². The lowest BCUT2D eigenvalue weighted by atomic mass is 10.3. The molecule has 3 aromatic heterocycles. The number of aryl methyl sites for hydroxylation is 1. The second-order valence-electron chi connectivity index (χ2n) is 5.81. The Morgan fingerprint density at radius 1 is 1.25 bits per heavy atom. The highest BCUT2D eigenvalue weighted by Gasteiger charge is 2.17. The normalized spacial score (nSPS) is 10.5. The third-order valence-corrected chi connectivity index (χ3v) is 5.33. The number of nitrogens with one attached hydrogen (secondary N) is 2. The molecule has 28 heavy (non-hydrogen) atoms. The second kappa shape index (κ2) is 8.85. The van der Waals surface area contributed by atoms with Crippen LogP contribution in [0, 0.1) is 12.1 Å². The molecular weight excluding hydrogens is 403 g/mol. The molecule has 146 valence electrons. The maximum atomic E-state index is 12.9. The number of thiophene rings is 1. The highest BCUT2D eigenvalue weighted by Crippen LogP contribution is 2.18. The summed E-state index contributed by atoms with van der Waals surface area (Å²) in [7, 11) is 1.65. The van der Waals surface area contributed by atoms with E-state index in [1.54, 1.807) is 25.4 Å². The summed E-state index contributed by atoms with van der Waals surface area (Å²) in [5, 5.41) is 7.13. The lowest BCUT2D eigenvalue weighted by Gasteiger charge is -2.15. The Morgan fingerprint density at radius 2 is 2.04 bits per heavy atom. The molecule has 0 saturated heterocycles. The first-order valence-corrected chi connectivity index (χ1v) is 9.88. The van der Waals surface area contributed by atoms with E-state index in [-0.39, 0.29) is 24.1 Å². The van der Waals surface area contributed by atoms with Gasteiger partial charge in [-0.25, -0.2) is 14.8 Å². The van der Waals surface area contributed by atoms with E-state index in [0.29, 0.717) is 27.1 Å². The number of hydrogen-bond acceptors (Lipinski definition) is 7. The smallest absolute Gasteiger partial charge is 0.321 e. The number of urea groups is 1. The SMILES string of the molecule is Cc1nccnc1C(=O)N(C)Cc1csc(NC(=O)NCc2ccc(F)s2)n1. The summed E-state index contributed by atoms with van der Waals surface area (Å²) in [6, 6.07) is 2.54. The molecule has 3 amide bonds. The average Bonchev–Trinajstić information content (AvgIpc) is 3.28. The van der Waals surface area contributed by atoms with Crippen LogP contribution in [0.3, 0.4) is 0 Å². The fourth-order valence-electron chi connectivity index (χ4n) is 2.31. The van der Waals surface area contributed by atoms with E-state index in [4.69, 9.17) is 0 Å². The van der Waals surface area contributed by atoms with E-state index in [0.717, 1.165) is 11.3 Å². The summed E-state index contributed by atoms with van der Waals surface area (Å²) in [5.41, 5.74) is 1.49. The van der Waals surface area contributed by atoms with Crippen molar-refractivity contribution >= 4 is 39.7 Å². The van der Waals surface area contributed by atoms with Gasteiger partial charge in [-0.2, -0.15) is 4.39 Å². The van der Waals surface area contributed by atoms with Gasteiger partial charge in [0.15, 0.2) is 10.3 Å². The van der Waals surface area contributed by atoms with Gasteiger partial charge in [-0.1, -0.05) is 0 Å². The fraction of sp³-hybridized carbons (Fsp3) is 0.235. The Morgan fingerprint density at radius 3 is 2.75 bits per heavy atom. The minimum absolute atomic E-state index is 0.230. The predicted molar refractivity (Wildman–Crippen MR) is 105 cm³/mol. The third kappa shape index (κ3) is 5.08. The highest BCUT2D eigenvalue weighted by atomic mass is 32.1.